The molecule has 5 heteroatoms. The molecule has 0 bridgehead atoms. The van der Waals surface area contributed by atoms with Gasteiger partial charge in [0.15, 0.2) is 0 Å². The summed E-state index contributed by atoms with van der Waals surface area (Å²) in [5, 5.41) is 3.71. The number of hydrogen-bond acceptors (Lipinski definition) is 4. The molecule has 3 aromatic rings. The molecule has 2 fully saturated rings. The predicted octanol–water partition coefficient (Wildman–Crippen LogP) is 3.46. The maximum absolute atomic E-state index is 12.8. The maximum atomic E-state index is 12.8. The smallest absolute Gasteiger partial charge is 0.225 e. The van der Waals surface area contributed by atoms with Crippen LogP contribution >= 0.6 is 0 Å². The van der Waals surface area contributed by atoms with Crippen molar-refractivity contribution in [2.75, 3.05) is 39.4 Å². The van der Waals surface area contributed by atoms with E-state index in [9.17, 15) is 4.79 Å². The Morgan fingerprint density at radius 2 is 1.55 bits per heavy atom. The van der Waals surface area contributed by atoms with E-state index in [0.717, 1.165) is 56.8 Å². The van der Waals surface area contributed by atoms with Crippen LogP contribution in [0, 0.1) is 5.92 Å². The van der Waals surface area contributed by atoms with Crippen LogP contribution in [0.25, 0.3) is 21.7 Å². The molecule has 0 radical (unpaired) electrons. The molecule has 0 saturated carbocycles. The maximum Gasteiger partial charge on any atom is 0.225 e. The van der Waals surface area contributed by atoms with Crippen molar-refractivity contribution in [2.45, 2.75) is 19.4 Å². The highest BCUT2D eigenvalue weighted by Crippen LogP contribution is 2.28. The molecule has 2 aliphatic heterocycles. The molecule has 3 heterocycles. The van der Waals surface area contributed by atoms with Gasteiger partial charge < -0.3 is 9.64 Å². The van der Waals surface area contributed by atoms with Gasteiger partial charge in [-0.2, -0.15) is 0 Å². The highest BCUT2D eigenvalue weighted by atomic mass is 16.5. The van der Waals surface area contributed by atoms with Crippen LogP contribution in [0.1, 0.15) is 18.5 Å². The zero-order chi connectivity index (χ0) is 19.6. The molecule has 2 aromatic carbocycles. The second kappa shape index (κ2) is 8.09. The first-order valence-corrected chi connectivity index (χ1v) is 10.6. The van der Waals surface area contributed by atoms with Crippen LogP contribution < -0.4 is 0 Å². The molecule has 0 aliphatic carbocycles. The Morgan fingerprint density at radius 3 is 2.31 bits per heavy atom. The predicted molar refractivity (Wildman–Crippen MR) is 115 cm³/mol. The lowest BCUT2D eigenvalue weighted by Gasteiger charge is -2.35. The Labute approximate surface area is 171 Å². The van der Waals surface area contributed by atoms with Crippen LogP contribution in [0.15, 0.2) is 48.5 Å². The van der Waals surface area contributed by atoms with Gasteiger partial charge in [0.25, 0.3) is 0 Å². The largest absolute Gasteiger partial charge is 0.378 e. The van der Waals surface area contributed by atoms with Gasteiger partial charge in [-0.1, -0.05) is 42.5 Å². The fourth-order valence-electron chi connectivity index (χ4n) is 4.69. The highest BCUT2D eigenvalue weighted by molar-refractivity contribution is 6.06. The van der Waals surface area contributed by atoms with E-state index >= 15 is 0 Å². The van der Waals surface area contributed by atoms with Crippen LogP contribution in [0.5, 0.6) is 0 Å². The van der Waals surface area contributed by atoms with Gasteiger partial charge in [0.1, 0.15) is 0 Å². The van der Waals surface area contributed by atoms with Crippen LogP contribution in [0.3, 0.4) is 0 Å². The van der Waals surface area contributed by atoms with Crippen molar-refractivity contribution >= 4 is 27.6 Å². The number of carbonyl (C=O) groups excluding carboxylic acids is 1. The monoisotopic (exact) mass is 389 g/mol. The number of aromatic nitrogens is 1. The molecule has 2 saturated heterocycles. The molecular formula is C24H27N3O2. The van der Waals surface area contributed by atoms with Crippen molar-refractivity contribution in [3.8, 4) is 0 Å². The summed E-state index contributed by atoms with van der Waals surface area (Å²) in [6, 6.07) is 16.9. The third-order valence-electron chi connectivity index (χ3n) is 6.32. The Morgan fingerprint density at radius 1 is 0.897 bits per heavy atom. The molecular weight excluding hydrogens is 362 g/mol. The highest BCUT2D eigenvalue weighted by Gasteiger charge is 2.29. The topological polar surface area (TPSA) is 45.7 Å². The van der Waals surface area contributed by atoms with Gasteiger partial charge in [-0.05, 0) is 37.4 Å². The van der Waals surface area contributed by atoms with E-state index in [1.165, 1.54) is 16.2 Å². The van der Waals surface area contributed by atoms with Gasteiger partial charge >= 0.3 is 0 Å². The fourth-order valence-corrected chi connectivity index (χ4v) is 4.69. The molecule has 1 aromatic heterocycles. The average Bonchev–Trinajstić information content (AvgIpc) is 2.80. The number of amides is 1. The van der Waals surface area contributed by atoms with Crippen LogP contribution in [0.4, 0.5) is 0 Å². The Bertz CT molecular complexity index is 1020. The number of para-hydroxylation sites is 1. The van der Waals surface area contributed by atoms with Gasteiger partial charge in [0, 0.05) is 36.3 Å². The molecule has 0 N–H and O–H groups in total. The number of piperidine rings is 1. The minimum Gasteiger partial charge on any atom is -0.378 e. The van der Waals surface area contributed by atoms with Crippen molar-refractivity contribution < 1.29 is 9.53 Å². The lowest BCUT2D eigenvalue weighted by Crippen LogP contribution is -2.46. The van der Waals surface area contributed by atoms with E-state index in [4.69, 9.17) is 9.72 Å². The molecule has 2 aliphatic rings. The van der Waals surface area contributed by atoms with E-state index in [2.05, 4.69) is 53.4 Å². The lowest BCUT2D eigenvalue weighted by molar-refractivity contribution is -0.141. The minimum atomic E-state index is 0.158. The van der Waals surface area contributed by atoms with Crippen LogP contribution in [-0.2, 0) is 16.1 Å². The number of morpholine rings is 1. The van der Waals surface area contributed by atoms with E-state index < -0.39 is 0 Å². The summed E-state index contributed by atoms with van der Waals surface area (Å²) in [6.45, 7) is 5.56. The normalized spacial score (nSPS) is 19.1. The summed E-state index contributed by atoms with van der Waals surface area (Å²) >= 11 is 0. The van der Waals surface area contributed by atoms with Gasteiger partial charge in [0.2, 0.25) is 5.91 Å². The summed E-state index contributed by atoms with van der Waals surface area (Å²) in [5.41, 5.74) is 2.19. The molecule has 29 heavy (non-hydrogen) atoms. The lowest BCUT2D eigenvalue weighted by atomic mass is 9.94. The molecule has 0 unspecified atom stereocenters. The van der Waals surface area contributed by atoms with E-state index in [-0.39, 0.29) is 5.92 Å². The minimum absolute atomic E-state index is 0.158. The van der Waals surface area contributed by atoms with Crippen molar-refractivity contribution in [3.05, 3.63) is 54.2 Å². The Balaban J connectivity index is 1.31. The zero-order valence-electron chi connectivity index (χ0n) is 16.7. The van der Waals surface area contributed by atoms with Crippen molar-refractivity contribution in [3.63, 3.8) is 0 Å². The van der Waals surface area contributed by atoms with E-state index in [0.29, 0.717) is 19.1 Å². The molecule has 150 valence electrons. The third-order valence-corrected chi connectivity index (χ3v) is 6.32. The van der Waals surface area contributed by atoms with Crippen LogP contribution in [0.2, 0.25) is 0 Å². The quantitative estimate of drug-likeness (QED) is 0.644. The Hall–Kier alpha value is -2.50. The van der Waals surface area contributed by atoms with Gasteiger partial charge in [-0.25, -0.2) is 0 Å². The number of rotatable bonds is 3. The van der Waals surface area contributed by atoms with Gasteiger partial charge in [-0.3, -0.25) is 14.7 Å². The molecule has 0 spiro atoms. The molecule has 5 nitrogen and oxygen atoms in total. The summed E-state index contributed by atoms with van der Waals surface area (Å²) in [6.07, 6.45) is 1.86. The fraction of sp³-hybridized carbons (Fsp3) is 0.417. The third kappa shape index (κ3) is 3.72. The SMILES string of the molecule is O=C(C1CCN(Cc2nc3ccccc3c3ccccc23)CC1)N1CCOCC1. The number of fused-ring (bicyclic) bond motifs is 3. The number of benzene rings is 2. The van der Waals surface area contributed by atoms with Crippen molar-refractivity contribution in [2.24, 2.45) is 5.92 Å². The number of nitrogens with zero attached hydrogens (tertiary/aromatic N) is 3. The number of carbonyl (C=O) groups is 1. The summed E-state index contributed by atoms with van der Waals surface area (Å²) < 4.78 is 5.38. The number of hydrogen-bond donors (Lipinski definition) is 0. The zero-order valence-corrected chi connectivity index (χ0v) is 16.7. The first kappa shape index (κ1) is 18.5. The first-order chi connectivity index (χ1) is 14.3. The first-order valence-electron chi connectivity index (χ1n) is 10.6. The number of ether oxygens (including phenoxy) is 1. The van der Waals surface area contributed by atoms with Crippen molar-refractivity contribution in [1.82, 2.24) is 14.8 Å². The average molecular weight is 389 g/mol. The second-order valence-corrected chi connectivity index (χ2v) is 8.11. The second-order valence-electron chi connectivity index (χ2n) is 8.11. The van der Waals surface area contributed by atoms with E-state index in [1.54, 1.807) is 0 Å². The molecule has 1 amide bonds. The van der Waals surface area contributed by atoms with Crippen LogP contribution in [-0.4, -0.2) is 60.1 Å². The summed E-state index contributed by atoms with van der Waals surface area (Å²) in [5.74, 6) is 0.480. The molecule has 5 rings (SSSR count). The Kier molecular flexibility index (Phi) is 5.17. The van der Waals surface area contributed by atoms with Gasteiger partial charge in [-0.15, -0.1) is 0 Å². The van der Waals surface area contributed by atoms with E-state index in [1.807, 2.05) is 4.90 Å². The molecule has 0 atom stereocenters. The number of pyridine rings is 1. The standard InChI is InChI=1S/C24H27N3O2/c28-24(27-13-15-29-16-14-27)18-9-11-26(12-10-18)17-23-21-7-2-1-5-19(21)20-6-3-4-8-22(20)25-23/h1-8,18H,9-17H2. The number of likely N-dealkylation sites (tertiary alicyclic amines) is 1. The van der Waals surface area contributed by atoms with Crippen molar-refractivity contribution in [1.29, 1.82) is 0 Å². The summed E-state index contributed by atoms with van der Waals surface area (Å²) in [7, 11) is 0. The summed E-state index contributed by atoms with van der Waals surface area (Å²) in [4.78, 5) is 22.2. The van der Waals surface area contributed by atoms with Gasteiger partial charge in [0.05, 0.1) is 24.4 Å².